The lowest BCUT2D eigenvalue weighted by molar-refractivity contribution is 1.14. The van der Waals surface area contributed by atoms with Crippen molar-refractivity contribution in [1.82, 2.24) is 3.96 Å². The molecule has 1 heterocycles. The van der Waals surface area contributed by atoms with E-state index >= 15 is 0 Å². The third-order valence-electron chi connectivity index (χ3n) is 2.73. The van der Waals surface area contributed by atoms with Gasteiger partial charge in [0.1, 0.15) is 0 Å². The summed E-state index contributed by atoms with van der Waals surface area (Å²) in [6.45, 7) is 6.03. The van der Waals surface area contributed by atoms with Gasteiger partial charge in [-0.3, -0.25) is 4.79 Å². The molecule has 3 aromatic rings. The van der Waals surface area contributed by atoms with Gasteiger partial charge < -0.3 is 0 Å². The molecule has 1 aromatic heterocycles. The molecule has 3 rings (SSSR count). The van der Waals surface area contributed by atoms with Crippen molar-refractivity contribution in [2.24, 2.45) is 0 Å². The molecule has 2 aromatic carbocycles. The maximum atomic E-state index is 12.2. The normalized spacial score (nSPS) is 10.1. The summed E-state index contributed by atoms with van der Waals surface area (Å²) >= 11 is 1.49. The molecule has 0 radical (unpaired) electrons. The second kappa shape index (κ2) is 5.85. The second-order valence-electron chi connectivity index (χ2n) is 4.03. The van der Waals surface area contributed by atoms with Crippen molar-refractivity contribution in [2.45, 2.75) is 20.8 Å². The van der Waals surface area contributed by atoms with E-state index in [4.69, 9.17) is 0 Å². The highest BCUT2D eigenvalue weighted by atomic mass is 32.1. The van der Waals surface area contributed by atoms with E-state index in [1.54, 1.807) is 3.96 Å². The Balaban J connectivity index is 0.000000637. The number of rotatable bonds is 1. The van der Waals surface area contributed by atoms with Crippen molar-refractivity contribution >= 4 is 21.6 Å². The van der Waals surface area contributed by atoms with E-state index in [9.17, 15) is 4.79 Å². The highest BCUT2D eigenvalue weighted by Crippen LogP contribution is 2.20. The van der Waals surface area contributed by atoms with Gasteiger partial charge in [-0.05, 0) is 36.8 Å². The number of aryl methyl sites for hydroxylation is 1. The first-order valence-electron chi connectivity index (χ1n) is 6.44. The van der Waals surface area contributed by atoms with Crippen molar-refractivity contribution in [3.63, 3.8) is 0 Å². The van der Waals surface area contributed by atoms with Crippen molar-refractivity contribution < 1.29 is 0 Å². The highest BCUT2D eigenvalue weighted by Gasteiger charge is 2.07. The van der Waals surface area contributed by atoms with E-state index in [-0.39, 0.29) is 5.56 Å². The Kier molecular flexibility index (Phi) is 4.17. The zero-order valence-corrected chi connectivity index (χ0v) is 12.2. The fraction of sp³-hybridized carbons (Fsp3) is 0.188. The number of hydrogen-bond acceptors (Lipinski definition) is 2. The molecule has 0 aliphatic carbocycles. The van der Waals surface area contributed by atoms with E-state index in [0.717, 1.165) is 21.3 Å². The van der Waals surface area contributed by atoms with E-state index in [1.807, 2.05) is 69.3 Å². The van der Waals surface area contributed by atoms with Crippen LogP contribution >= 0.6 is 11.5 Å². The summed E-state index contributed by atoms with van der Waals surface area (Å²) < 4.78 is 2.77. The SMILES string of the molecule is CC.Cc1cccc(-n2sc3ccccc3c2=O)c1. The van der Waals surface area contributed by atoms with Crippen LogP contribution in [0.2, 0.25) is 0 Å². The Bertz CT molecular complexity index is 740. The molecule has 0 bridgehead atoms. The maximum Gasteiger partial charge on any atom is 0.273 e. The number of aromatic nitrogens is 1. The van der Waals surface area contributed by atoms with Gasteiger partial charge in [0, 0.05) is 0 Å². The molecular weight excluding hydrogens is 254 g/mol. The number of fused-ring (bicyclic) bond motifs is 1. The summed E-state index contributed by atoms with van der Waals surface area (Å²) in [7, 11) is 0. The Labute approximate surface area is 117 Å². The molecule has 0 spiro atoms. The molecule has 0 saturated heterocycles. The van der Waals surface area contributed by atoms with E-state index in [1.165, 1.54) is 11.5 Å². The number of hydrogen-bond donors (Lipinski definition) is 0. The molecule has 0 aliphatic heterocycles. The van der Waals surface area contributed by atoms with Gasteiger partial charge in [-0.25, -0.2) is 3.96 Å². The van der Waals surface area contributed by atoms with Crippen LogP contribution in [0.3, 0.4) is 0 Å². The quantitative estimate of drug-likeness (QED) is 0.643. The third kappa shape index (κ3) is 2.61. The topological polar surface area (TPSA) is 22.0 Å². The molecule has 0 atom stereocenters. The van der Waals surface area contributed by atoms with Gasteiger partial charge in [0.2, 0.25) is 0 Å². The fourth-order valence-electron chi connectivity index (χ4n) is 1.90. The first-order chi connectivity index (χ1) is 9.25. The van der Waals surface area contributed by atoms with Gasteiger partial charge >= 0.3 is 0 Å². The Morgan fingerprint density at radius 1 is 1.00 bits per heavy atom. The lowest BCUT2D eigenvalue weighted by atomic mass is 10.2. The second-order valence-corrected chi connectivity index (χ2v) is 5.01. The molecule has 0 N–H and O–H groups in total. The molecule has 0 unspecified atom stereocenters. The van der Waals surface area contributed by atoms with Crippen LogP contribution in [0.25, 0.3) is 15.8 Å². The lowest BCUT2D eigenvalue weighted by Gasteiger charge is -2.00. The van der Waals surface area contributed by atoms with Gasteiger partial charge in [0.05, 0.1) is 15.8 Å². The Hall–Kier alpha value is -1.87. The van der Waals surface area contributed by atoms with Crippen LogP contribution in [0, 0.1) is 6.92 Å². The van der Waals surface area contributed by atoms with Crippen LogP contribution in [0.4, 0.5) is 0 Å². The fourth-order valence-corrected chi connectivity index (χ4v) is 2.89. The molecule has 19 heavy (non-hydrogen) atoms. The lowest BCUT2D eigenvalue weighted by Crippen LogP contribution is -2.10. The third-order valence-corrected chi connectivity index (χ3v) is 3.84. The minimum Gasteiger partial charge on any atom is -0.267 e. The number of benzene rings is 2. The largest absolute Gasteiger partial charge is 0.273 e. The minimum absolute atomic E-state index is 0.0659. The summed E-state index contributed by atoms with van der Waals surface area (Å²) in [5.41, 5.74) is 2.17. The zero-order chi connectivity index (χ0) is 13.8. The molecular formula is C16H17NOS. The molecule has 98 valence electrons. The van der Waals surface area contributed by atoms with Gasteiger partial charge in [0.15, 0.2) is 0 Å². The zero-order valence-electron chi connectivity index (χ0n) is 11.4. The highest BCUT2D eigenvalue weighted by molar-refractivity contribution is 7.14. The van der Waals surface area contributed by atoms with Crippen LogP contribution in [0.5, 0.6) is 0 Å². The van der Waals surface area contributed by atoms with Crippen LogP contribution < -0.4 is 5.56 Å². The first-order valence-corrected chi connectivity index (χ1v) is 7.21. The summed E-state index contributed by atoms with van der Waals surface area (Å²) in [5, 5.41) is 0.791. The molecule has 0 amide bonds. The molecule has 0 aliphatic rings. The predicted molar refractivity (Wildman–Crippen MR) is 83.5 cm³/mol. The summed E-state index contributed by atoms with van der Waals surface area (Å²) in [6, 6.07) is 15.7. The van der Waals surface area contributed by atoms with Gasteiger partial charge in [-0.15, -0.1) is 0 Å². The van der Waals surface area contributed by atoms with E-state index in [2.05, 4.69) is 0 Å². The summed E-state index contributed by atoms with van der Waals surface area (Å²) in [6.07, 6.45) is 0. The van der Waals surface area contributed by atoms with Crippen molar-refractivity contribution in [3.05, 3.63) is 64.4 Å². The Morgan fingerprint density at radius 2 is 1.74 bits per heavy atom. The molecule has 0 saturated carbocycles. The van der Waals surface area contributed by atoms with Crippen LogP contribution in [-0.2, 0) is 0 Å². The van der Waals surface area contributed by atoms with Crippen molar-refractivity contribution in [1.29, 1.82) is 0 Å². The molecule has 2 nitrogen and oxygen atoms in total. The van der Waals surface area contributed by atoms with Crippen molar-refractivity contribution in [3.8, 4) is 5.69 Å². The average Bonchev–Trinajstić information content (AvgIpc) is 2.79. The van der Waals surface area contributed by atoms with Crippen molar-refractivity contribution in [2.75, 3.05) is 0 Å². The smallest absolute Gasteiger partial charge is 0.267 e. The van der Waals surface area contributed by atoms with E-state index in [0.29, 0.717) is 0 Å². The van der Waals surface area contributed by atoms with Gasteiger partial charge in [0.25, 0.3) is 5.56 Å². The van der Waals surface area contributed by atoms with Crippen LogP contribution in [-0.4, -0.2) is 3.96 Å². The van der Waals surface area contributed by atoms with Gasteiger partial charge in [-0.2, -0.15) is 0 Å². The molecule has 3 heteroatoms. The summed E-state index contributed by atoms with van der Waals surface area (Å²) in [4.78, 5) is 12.2. The minimum atomic E-state index is 0.0659. The monoisotopic (exact) mass is 271 g/mol. The van der Waals surface area contributed by atoms with E-state index < -0.39 is 0 Å². The van der Waals surface area contributed by atoms with Crippen LogP contribution in [0.1, 0.15) is 19.4 Å². The molecule has 0 fully saturated rings. The Morgan fingerprint density at radius 3 is 2.42 bits per heavy atom. The summed E-state index contributed by atoms with van der Waals surface area (Å²) in [5.74, 6) is 0. The predicted octanol–water partition coefficient (Wildman–Crippen LogP) is 4.39. The first kappa shape index (κ1) is 13.6. The average molecular weight is 271 g/mol. The van der Waals surface area contributed by atoms with Gasteiger partial charge in [-0.1, -0.05) is 49.6 Å². The number of nitrogens with zero attached hydrogens (tertiary/aromatic N) is 1. The maximum absolute atomic E-state index is 12.2. The standard InChI is InChI=1S/C14H11NOS.C2H6/c1-10-5-4-6-11(9-10)15-14(16)12-7-2-3-8-13(12)17-15;1-2/h2-9H,1H3;1-2H3. The van der Waals surface area contributed by atoms with Crippen LogP contribution in [0.15, 0.2) is 53.3 Å².